The average molecular weight is 409 g/mol. The summed E-state index contributed by atoms with van der Waals surface area (Å²) in [7, 11) is -3.25. The van der Waals surface area contributed by atoms with Gasteiger partial charge in [0.05, 0.1) is 9.72 Å². The molecule has 22 heavy (non-hydrogen) atoms. The van der Waals surface area contributed by atoms with E-state index in [-0.39, 0.29) is 6.04 Å². The Labute approximate surface area is 144 Å². The fraction of sp³-hybridized carbons (Fsp3) is 0.692. The number of sulfonamides is 1. The molecule has 1 atom stereocenters. The van der Waals surface area contributed by atoms with Crippen molar-refractivity contribution in [3.63, 3.8) is 0 Å². The first kappa shape index (κ1) is 18.0. The van der Waals surface area contributed by atoms with Gasteiger partial charge < -0.3 is 4.90 Å². The molecule has 0 saturated carbocycles. The lowest BCUT2D eigenvalue weighted by molar-refractivity contribution is 0.460. The highest BCUT2D eigenvalue weighted by atomic mass is 79.9. The molecule has 1 aromatic rings. The lowest BCUT2D eigenvalue weighted by Crippen LogP contribution is -2.49. The van der Waals surface area contributed by atoms with Crippen LogP contribution in [0.5, 0.6) is 0 Å². The van der Waals surface area contributed by atoms with Crippen LogP contribution < -0.4 is 9.62 Å². The Hall–Kier alpha value is -0.380. The van der Waals surface area contributed by atoms with Crippen molar-refractivity contribution in [2.24, 2.45) is 0 Å². The van der Waals surface area contributed by atoms with Crippen LogP contribution >= 0.6 is 27.7 Å². The highest BCUT2D eigenvalue weighted by Gasteiger charge is 2.27. The first-order valence-corrected chi connectivity index (χ1v) is 10.7. The SMILES string of the molecule is CSc1ncc(Br)c(N2CCCC(NS(=O)(=O)C(C)C)C2)n1. The second-order valence-corrected chi connectivity index (χ2v) is 9.42. The lowest BCUT2D eigenvalue weighted by Gasteiger charge is -2.34. The summed E-state index contributed by atoms with van der Waals surface area (Å²) < 4.78 is 27.7. The smallest absolute Gasteiger partial charge is 0.214 e. The number of hydrogen-bond donors (Lipinski definition) is 1. The van der Waals surface area contributed by atoms with E-state index in [0.29, 0.717) is 11.7 Å². The third-order valence-corrected chi connectivity index (χ3v) is 6.58. The number of thioether (sulfide) groups is 1. The van der Waals surface area contributed by atoms with E-state index >= 15 is 0 Å². The number of rotatable bonds is 5. The Morgan fingerprint density at radius 3 is 2.86 bits per heavy atom. The number of halogens is 1. The first-order valence-electron chi connectivity index (χ1n) is 7.16. The predicted octanol–water partition coefficient (Wildman–Crippen LogP) is 2.26. The minimum Gasteiger partial charge on any atom is -0.354 e. The molecule has 6 nitrogen and oxygen atoms in total. The number of piperidine rings is 1. The van der Waals surface area contributed by atoms with E-state index < -0.39 is 15.3 Å². The maximum absolute atomic E-state index is 12.0. The molecule has 9 heteroatoms. The molecule has 1 aromatic heterocycles. The summed E-state index contributed by atoms with van der Waals surface area (Å²) in [5, 5.41) is 0.292. The van der Waals surface area contributed by atoms with Gasteiger partial charge in [-0.2, -0.15) is 0 Å². The number of nitrogens with zero attached hydrogens (tertiary/aromatic N) is 3. The lowest BCUT2D eigenvalue weighted by atomic mass is 10.1. The van der Waals surface area contributed by atoms with Crippen molar-refractivity contribution >= 4 is 43.5 Å². The molecule has 2 heterocycles. The summed E-state index contributed by atoms with van der Waals surface area (Å²) in [6.07, 6.45) is 5.45. The monoisotopic (exact) mass is 408 g/mol. The van der Waals surface area contributed by atoms with E-state index in [1.807, 2.05) is 6.26 Å². The topological polar surface area (TPSA) is 75.2 Å². The fourth-order valence-electron chi connectivity index (χ4n) is 2.30. The van der Waals surface area contributed by atoms with Crippen molar-refractivity contribution in [1.82, 2.24) is 14.7 Å². The van der Waals surface area contributed by atoms with Gasteiger partial charge in [0.1, 0.15) is 5.82 Å². The zero-order valence-corrected chi connectivity index (χ0v) is 16.1. The van der Waals surface area contributed by atoms with Crippen molar-refractivity contribution in [2.75, 3.05) is 24.2 Å². The van der Waals surface area contributed by atoms with Gasteiger partial charge in [0, 0.05) is 25.3 Å². The summed E-state index contributed by atoms with van der Waals surface area (Å²) >= 11 is 4.97. The third kappa shape index (κ3) is 4.33. The van der Waals surface area contributed by atoms with Gasteiger partial charge in [-0.3, -0.25) is 0 Å². The largest absolute Gasteiger partial charge is 0.354 e. The predicted molar refractivity (Wildman–Crippen MR) is 93.9 cm³/mol. The maximum Gasteiger partial charge on any atom is 0.214 e. The van der Waals surface area contributed by atoms with E-state index in [4.69, 9.17) is 0 Å². The molecule has 2 rings (SSSR count). The Balaban J connectivity index is 2.14. The van der Waals surface area contributed by atoms with Crippen LogP contribution in [0.25, 0.3) is 0 Å². The molecule has 0 amide bonds. The summed E-state index contributed by atoms with van der Waals surface area (Å²) in [5.41, 5.74) is 0. The molecule has 0 aromatic carbocycles. The van der Waals surface area contributed by atoms with Crippen LogP contribution in [0.2, 0.25) is 0 Å². The highest BCUT2D eigenvalue weighted by molar-refractivity contribution is 9.10. The molecule has 1 saturated heterocycles. The van der Waals surface area contributed by atoms with Crippen molar-refractivity contribution in [3.8, 4) is 0 Å². The van der Waals surface area contributed by atoms with Gasteiger partial charge in [-0.1, -0.05) is 11.8 Å². The van der Waals surface area contributed by atoms with Crippen LogP contribution in [0.4, 0.5) is 5.82 Å². The molecule has 1 N–H and O–H groups in total. The quantitative estimate of drug-likeness (QED) is 0.594. The van der Waals surface area contributed by atoms with E-state index in [1.54, 1.807) is 20.0 Å². The van der Waals surface area contributed by atoms with E-state index in [2.05, 4.69) is 35.5 Å². The van der Waals surface area contributed by atoms with E-state index in [9.17, 15) is 8.42 Å². The fourth-order valence-corrected chi connectivity index (χ4v) is 4.00. The number of hydrogen-bond acceptors (Lipinski definition) is 6. The minimum atomic E-state index is -3.25. The zero-order valence-electron chi connectivity index (χ0n) is 12.9. The maximum atomic E-state index is 12.0. The molecule has 0 bridgehead atoms. The molecule has 1 unspecified atom stereocenters. The molecular weight excluding hydrogens is 388 g/mol. The Morgan fingerprint density at radius 1 is 1.50 bits per heavy atom. The Morgan fingerprint density at radius 2 is 2.23 bits per heavy atom. The molecule has 1 aliphatic heterocycles. The zero-order chi connectivity index (χ0) is 16.3. The first-order chi connectivity index (χ1) is 10.3. The molecule has 0 spiro atoms. The molecule has 1 aliphatic rings. The Bertz CT molecular complexity index is 624. The standard InChI is InChI=1S/C13H21BrN4O2S2/c1-9(2)22(19,20)17-10-5-4-6-18(8-10)12-11(14)7-15-13(16-12)21-3/h7,9-10,17H,4-6,8H2,1-3H3. The van der Waals surface area contributed by atoms with Crippen molar-refractivity contribution < 1.29 is 8.42 Å². The third-order valence-electron chi connectivity index (χ3n) is 3.56. The summed E-state index contributed by atoms with van der Waals surface area (Å²) in [6.45, 7) is 4.86. The van der Waals surface area contributed by atoms with Crippen LogP contribution in [0.3, 0.4) is 0 Å². The number of aromatic nitrogens is 2. The molecule has 0 radical (unpaired) electrons. The number of nitrogens with one attached hydrogen (secondary N) is 1. The average Bonchev–Trinajstić information content (AvgIpc) is 2.47. The van der Waals surface area contributed by atoms with E-state index in [0.717, 1.165) is 29.7 Å². The van der Waals surface area contributed by atoms with Gasteiger partial charge in [-0.05, 0) is 48.9 Å². The second-order valence-electron chi connectivity index (χ2n) is 5.53. The van der Waals surface area contributed by atoms with Crippen molar-refractivity contribution in [3.05, 3.63) is 10.7 Å². The van der Waals surface area contributed by atoms with Crippen LogP contribution in [0.15, 0.2) is 15.8 Å². The summed E-state index contributed by atoms with van der Waals surface area (Å²) in [6, 6.07) is -0.0826. The van der Waals surface area contributed by atoms with E-state index in [1.165, 1.54) is 11.8 Å². The normalized spacial score (nSPS) is 19.7. The van der Waals surface area contributed by atoms with Crippen LogP contribution in [0.1, 0.15) is 26.7 Å². The highest BCUT2D eigenvalue weighted by Crippen LogP contribution is 2.28. The van der Waals surface area contributed by atoms with Crippen LogP contribution in [-0.2, 0) is 10.0 Å². The minimum absolute atomic E-state index is 0.0826. The van der Waals surface area contributed by atoms with Crippen molar-refractivity contribution in [1.29, 1.82) is 0 Å². The number of anilines is 1. The van der Waals surface area contributed by atoms with Crippen molar-refractivity contribution in [2.45, 2.75) is 43.1 Å². The van der Waals surface area contributed by atoms with Gasteiger partial charge in [0.25, 0.3) is 0 Å². The molecule has 1 fully saturated rings. The van der Waals surface area contributed by atoms with Gasteiger partial charge >= 0.3 is 0 Å². The van der Waals surface area contributed by atoms with Gasteiger partial charge in [0.15, 0.2) is 5.16 Å². The van der Waals surface area contributed by atoms with Gasteiger partial charge in [0.2, 0.25) is 10.0 Å². The van der Waals surface area contributed by atoms with Crippen LogP contribution in [0, 0.1) is 0 Å². The summed E-state index contributed by atoms with van der Waals surface area (Å²) in [4.78, 5) is 10.9. The molecule has 0 aliphatic carbocycles. The summed E-state index contributed by atoms with van der Waals surface area (Å²) in [5.74, 6) is 0.827. The van der Waals surface area contributed by atoms with Gasteiger partial charge in [-0.25, -0.2) is 23.1 Å². The molecular formula is C13H21BrN4O2S2. The van der Waals surface area contributed by atoms with Crippen LogP contribution in [-0.4, -0.2) is 49.0 Å². The van der Waals surface area contributed by atoms with Gasteiger partial charge in [-0.15, -0.1) is 0 Å². The Kier molecular flexibility index (Phi) is 6.09. The second kappa shape index (κ2) is 7.46. The molecule has 124 valence electrons.